The average molecular weight is 453 g/mol. The van der Waals surface area contributed by atoms with E-state index in [-0.39, 0.29) is 16.2 Å². The highest BCUT2D eigenvalue weighted by molar-refractivity contribution is 7.89. The minimum Gasteiger partial charge on any atom is -0.307 e. The van der Waals surface area contributed by atoms with Crippen molar-refractivity contribution in [1.29, 1.82) is 0 Å². The van der Waals surface area contributed by atoms with Crippen LogP contribution in [0.15, 0.2) is 47.4 Å². The van der Waals surface area contributed by atoms with Crippen LogP contribution in [0.3, 0.4) is 0 Å². The maximum absolute atomic E-state index is 13.7. The number of amides is 1. The third kappa shape index (κ3) is 3.57. The highest BCUT2D eigenvalue weighted by Crippen LogP contribution is 2.49. The standard InChI is InChI=1S/C26H32N2O3S/c1-19-9-10-24-23(15-19)26(12-4-3-5-13-26)18-28(24)25(29)21-7-6-8-22(16-21)32(30,31)27-14-11-20(2)17-27/h6-10,15-16,20H,3-5,11-14,17-18H2,1-2H3. The van der Waals surface area contributed by atoms with Gasteiger partial charge in [0.1, 0.15) is 0 Å². The first-order valence-electron chi connectivity index (χ1n) is 11.8. The van der Waals surface area contributed by atoms with Crippen LogP contribution in [0.25, 0.3) is 0 Å². The summed E-state index contributed by atoms with van der Waals surface area (Å²) in [6.07, 6.45) is 6.73. The molecule has 0 radical (unpaired) electrons. The highest BCUT2D eigenvalue weighted by atomic mass is 32.2. The maximum atomic E-state index is 13.7. The van der Waals surface area contributed by atoms with E-state index in [1.165, 1.54) is 30.4 Å². The topological polar surface area (TPSA) is 57.7 Å². The van der Waals surface area contributed by atoms with E-state index < -0.39 is 10.0 Å². The van der Waals surface area contributed by atoms with E-state index in [1.807, 2.05) is 4.90 Å². The van der Waals surface area contributed by atoms with Gasteiger partial charge in [0.25, 0.3) is 5.91 Å². The predicted octanol–water partition coefficient (Wildman–Crippen LogP) is 4.89. The predicted molar refractivity (Wildman–Crippen MR) is 127 cm³/mol. The van der Waals surface area contributed by atoms with Crippen molar-refractivity contribution in [2.75, 3.05) is 24.5 Å². The lowest BCUT2D eigenvalue weighted by Crippen LogP contribution is -2.38. The molecule has 1 aliphatic carbocycles. The highest BCUT2D eigenvalue weighted by Gasteiger charge is 2.45. The minimum atomic E-state index is -3.58. The Kier molecular flexibility index (Phi) is 5.41. The van der Waals surface area contributed by atoms with Gasteiger partial charge >= 0.3 is 0 Å². The van der Waals surface area contributed by atoms with Crippen molar-refractivity contribution < 1.29 is 13.2 Å². The van der Waals surface area contributed by atoms with Gasteiger partial charge in [-0.25, -0.2) is 8.42 Å². The molecule has 6 heteroatoms. The molecule has 1 spiro atoms. The van der Waals surface area contributed by atoms with Gasteiger partial charge in [0, 0.05) is 36.3 Å². The van der Waals surface area contributed by atoms with Crippen molar-refractivity contribution in [3.8, 4) is 0 Å². The molecule has 3 aliphatic rings. The fourth-order valence-electron chi connectivity index (χ4n) is 5.83. The first kappa shape index (κ1) is 21.7. The van der Waals surface area contributed by atoms with Gasteiger partial charge in [0.05, 0.1) is 4.90 Å². The summed E-state index contributed by atoms with van der Waals surface area (Å²) in [5.41, 5.74) is 3.98. The lowest BCUT2D eigenvalue weighted by Gasteiger charge is -2.34. The van der Waals surface area contributed by atoms with Crippen LogP contribution >= 0.6 is 0 Å². The van der Waals surface area contributed by atoms with Gasteiger partial charge in [-0.1, -0.05) is 49.9 Å². The Labute approximate surface area is 191 Å². The Hall–Kier alpha value is -2.18. The minimum absolute atomic E-state index is 0.0324. The van der Waals surface area contributed by atoms with Gasteiger partial charge in [0.15, 0.2) is 0 Å². The van der Waals surface area contributed by atoms with Crippen LogP contribution in [0.4, 0.5) is 5.69 Å². The molecule has 1 saturated carbocycles. The lowest BCUT2D eigenvalue weighted by molar-refractivity contribution is 0.0982. The summed E-state index contributed by atoms with van der Waals surface area (Å²) in [5.74, 6) is 0.259. The van der Waals surface area contributed by atoms with Crippen LogP contribution in [0.5, 0.6) is 0 Å². The zero-order chi connectivity index (χ0) is 22.5. The van der Waals surface area contributed by atoms with Crippen molar-refractivity contribution in [2.24, 2.45) is 5.92 Å². The summed E-state index contributed by atoms with van der Waals surface area (Å²) in [6.45, 7) is 5.95. The number of hydrogen-bond donors (Lipinski definition) is 0. The molecule has 1 amide bonds. The quantitative estimate of drug-likeness (QED) is 0.666. The van der Waals surface area contributed by atoms with Crippen LogP contribution in [-0.2, 0) is 15.4 Å². The Morgan fingerprint density at radius 1 is 1.06 bits per heavy atom. The number of carbonyl (C=O) groups is 1. The van der Waals surface area contributed by atoms with Gasteiger partial charge in [-0.2, -0.15) is 4.31 Å². The van der Waals surface area contributed by atoms with E-state index in [1.54, 1.807) is 28.6 Å². The number of sulfonamides is 1. The summed E-state index contributed by atoms with van der Waals surface area (Å²) in [4.78, 5) is 15.8. The Morgan fingerprint density at radius 2 is 1.84 bits per heavy atom. The zero-order valence-electron chi connectivity index (χ0n) is 19.0. The molecule has 1 atom stereocenters. The number of benzene rings is 2. The zero-order valence-corrected chi connectivity index (χ0v) is 19.8. The average Bonchev–Trinajstić information content (AvgIpc) is 3.36. The number of aryl methyl sites for hydroxylation is 1. The molecule has 2 aromatic carbocycles. The summed E-state index contributed by atoms with van der Waals surface area (Å²) in [6, 6.07) is 13.0. The number of anilines is 1. The molecular formula is C26H32N2O3S. The molecular weight excluding hydrogens is 420 g/mol. The molecule has 2 aliphatic heterocycles. The second-order valence-electron chi connectivity index (χ2n) is 10.0. The number of rotatable bonds is 3. The third-order valence-corrected chi connectivity index (χ3v) is 9.50. The molecule has 2 aromatic rings. The molecule has 5 nitrogen and oxygen atoms in total. The van der Waals surface area contributed by atoms with E-state index in [2.05, 4.69) is 32.0 Å². The Bertz CT molecular complexity index is 1150. The van der Waals surface area contributed by atoms with Crippen LogP contribution < -0.4 is 4.90 Å². The fourth-order valence-corrected chi connectivity index (χ4v) is 7.45. The third-order valence-electron chi connectivity index (χ3n) is 7.64. The molecule has 5 rings (SSSR count). The van der Waals surface area contributed by atoms with Crippen molar-refractivity contribution in [2.45, 2.75) is 62.7 Å². The van der Waals surface area contributed by atoms with Gasteiger partial charge in [-0.3, -0.25) is 4.79 Å². The van der Waals surface area contributed by atoms with Crippen LogP contribution in [0.2, 0.25) is 0 Å². The molecule has 0 aromatic heterocycles. The van der Waals surface area contributed by atoms with Gasteiger partial charge in [-0.05, 0) is 61.9 Å². The molecule has 1 saturated heterocycles. The first-order chi connectivity index (χ1) is 15.3. The van der Waals surface area contributed by atoms with Gasteiger partial charge in [0.2, 0.25) is 10.0 Å². The van der Waals surface area contributed by atoms with Gasteiger partial charge < -0.3 is 4.90 Å². The number of nitrogens with zero attached hydrogens (tertiary/aromatic N) is 2. The second kappa shape index (κ2) is 7.99. The summed E-state index contributed by atoms with van der Waals surface area (Å²) < 4.78 is 27.9. The Morgan fingerprint density at radius 3 is 2.56 bits per heavy atom. The Balaban J connectivity index is 1.48. The van der Waals surface area contributed by atoms with Crippen LogP contribution in [0.1, 0.15) is 66.9 Å². The van der Waals surface area contributed by atoms with Crippen LogP contribution in [0, 0.1) is 12.8 Å². The number of fused-ring (bicyclic) bond motifs is 2. The fraction of sp³-hybridized carbons (Fsp3) is 0.500. The molecule has 32 heavy (non-hydrogen) atoms. The van der Waals surface area contributed by atoms with Crippen molar-refractivity contribution in [3.05, 3.63) is 59.2 Å². The molecule has 170 valence electrons. The number of hydrogen-bond acceptors (Lipinski definition) is 3. The van der Waals surface area contributed by atoms with E-state index in [0.717, 1.165) is 24.9 Å². The number of carbonyl (C=O) groups excluding carboxylic acids is 1. The molecule has 0 bridgehead atoms. The monoisotopic (exact) mass is 452 g/mol. The van der Waals surface area contributed by atoms with Crippen LogP contribution in [-0.4, -0.2) is 38.3 Å². The molecule has 0 N–H and O–H groups in total. The molecule has 2 heterocycles. The SMILES string of the molecule is Cc1ccc2c(c1)C1(CCCCC1)CN2C(=O)c1cccc(S(=O)(=O)N2CCC(C)C2)c1. The lowest BCUT2D eigenvalue weighted by atomic mass is 9.70. The second-order valence-corrected chi connectivity index (χ2v) is 12.0. The van der Waals surface area contributed by atoms with E-state index in [0.29, 0.717) is 31.1 Å². The summed E-state index contributed by atoms with van der Waals surface area (Å²) in [7, 11) is -3.58. The van der Waals surface area contributed by atoms with E-state index >= 15 is 0 Å². The smallest absolute Gasteiger partial charge is 0.258 e. The van der Waals surface area contributed by atoms with E-state index in [9.17, 15) is 13.2 Å². The van der Waals surface area contributed by atoms with Crippen molar-refractivity contribution in [3.63, 3.8) is 0 Å². The van der Waals surface area contributed by atoms with Gasteiger partial charge in [-0.15, -0.1) is 0 Å². The first-order valence-corrected chi connectivity index (χ1v) is 13.3. The van der Waals surface area contributed by atoms with E-state index in [4.69, 9.17) is 0 Å². The largest absolute Gasteiger partial charge is 0.307 e. The van der Waals surface area contributed by atoms with Crippen molar-refractivity contribution in [1.82, 2.24) is 4.31 Å². The summed E-state index contributed by atoms with van der Waals surface area (Å²) in [5, 5.41) is 0. The maximum Gasteiger partial charge on any atom is 0.258 e. The molecule has 1 unspecified atom stereocenters. The normalized spacial score (nSPS) is 22.9. The summed E-state index contributed by atoms with van der Waals surface area (Å²) >= 11 is 0. The van der Waals surface area contributed by atoms with Crippen molar-refractivity contribution >= 4 is 21.6 Å². The molecule has 2 fully saturated rings.